The molecule has 0 aliphatic rings. The number of nitrogens with zero attached hydrogens (tertiary/aromatic N) is 4. The number of hydrogen-bond donors (Lipinski definition) is 0. The van der Waals surface area contributed by atoms with Gasteiger partial charge in [0.2, 0.25) is 5.88 Å². The van der Waals surface area contributed by atoms with Crippen molar-refractivity contribution in [2.45, 2.75) is 26.8 Å². The minimum absolute atomic E-state index is 0.222. The first-order valence-electron chi connectivity index (χ1n) is 7.23. The van der Waals surface area contributed by atoms with Crippen LogP contribution in [0.5, 0.6) is 5.88 Å². The number of aromatic nitrogens is 4. The third kappa shape index (κ3) is 2.52. The van der Waals surface area contributed by atoms with E-state index in [-0.39, 0.29) is 6.04 Å². The Labute approximate surface area is 133 Å². The van der Waals surface area contributed by atoms with Gasteiger partial charge < -0.3 is 4.74 Å². The standard InChI is InChI=1S/C16H17ClN4O/c1-4-22-16-11(6-5-7-18-16)13-8-12(17)15-14(20-13)9-19-21(15)10(2)3/h5-10H,4H2,1-3H3. The minimum atomic E-state index is 0.222. The second kappa shape index (κ2) is 5.93. The Morgan fingerprint density at radius 2 is 2.18 bits per heavy atom. The van der Waals surface area contributed by atoms with Crippen molar-refractivity contribution in [1.29, 1.82) is 0 Å². The highest BCUT2D eigenvalue weighted by atomic mass is 35.5. The molecule has 0 atom stereocenters. The highest BCUT2D eigenvalue weighted by molar-refractivity contribution is 6.35. The van der Waals surface area contributed by atoms with Gasteiger partial charge in [0, 0.05) is 12.2 Å². The predicted octanol–water partition coefficient (Wildman–Crippen LogP) is 4.13. The molecule has 0 saturated heterocycles. The van der Waals surface area contributed by atoms with Crippen LogP contribution in [0.25, 0.3) is 22.3 Å². The molecule has 0 spiro atoms. The summed E-state index contributed by atoms with van der Waals surface area (Å²) < 4.78 is 7.45. The van der Waals surface area contributed by atoms with Crippen molar-refractivity contribution in [1.82, 2.24) is 19.7 Å². The van der Waals surface area contributed by atoms with Gasteiger partial charge in [-0.2, -0.15) is 5.10 Å². The van der Waals surface area contributed by atoms with E-state index in [1.165, 1.54) is 0 Å². The largest absolute Gasteiger partial charge is 0.477 e. The lowest BCUT2D eigenvalue weighted by atomic mass is 10.1. The fourth-order valence-corrected chi connectivity index (χ4v) is 2.67. The van der Waals surface area contributed by atoms with Gasteiger partial charge in [-0.1, -0.05) is 11.6 Å². The predicted molar refractivity (Wildman–Crippen MR) is 87.3 cm³/mol. The minimum Gasteiger partial charge on any atom is -0.477 e. The molecule has 0 unspecified atom stereocenters. The molecule has 0 fully saturated rings. The zero-order valence-corrected chi connectivity index (χ0v) is 13.5. The van der Waals surface area contributed by atoms with E-state index in [4.69, 9.17) is 16.3 Å². The van der Waals surface area contributed by atoms with Gasteiger partial charge in [0.15, 0.2) is 0 Å². The summed E-state index contributed by atoms with van der Waals surface area (Å²) in [5.41, 5.74) is 3.17. The lowest BCUT2D eigenvalue weighted by Gasteiger charge is -2.11. The molecule has 3 aromatic heterocycles. The molecule has 114 valence electrons. The SMILES string of the molecule is CCOc1ncccc1-c1cc(Cl)c2c(cnn2C(C)C)n1. The van der Waals surface area contributed by atoms with Crippen LogP contribution in [0.4, 0.5) is 0 Å². The second-order valence-electron chi connectivity index (χ2n) is 5.20. The summed E-state index contributed by atoms with van der Waals surface area (Å²) in [6.45, 7) is 6.59. The number of hydrogen-bond acceptors (Lipinski definition) is 4. The molecule has 3 rings (SSSR count). The monoisotopic (exact) mass is 316 g/mol. The van der Waals surface area contributed by atoms with Crippen LogP contribution >= 0.6 is 11.6 Å². The van der Waals surface area contributed by atoms with Gasteiger partial charge in [-0.25, -0.2) is 9.97 Å². The number of fused-ring (bicyclic) bond motifs is 1. The fraction of sp³-hybridized carbons (Fsp3) is 0.312. The Hall–Kier alpha value is -2.14. The van der Waals surface area contributed by atoms with Gasteiger partial charge in [-0.3, -0.25) is 4.68 Å². The third-order valence-electron chi connectivity index (χ3n) is 3.32. The maximum absolute atomic E-state index is 6.47. The quantitative estimate of drug-likeness (QED) is 0.726. The summed E-state index contributed by atoms with van der Waals surface area (Å²) in [7, 11) is 0. The van der Waals surface area contributed by atoms with Crippen LogP contribution in [0.3, 0.4) is 0 Å². The average Bonchev–Trinajstić information content (AvgIpc) is 2.93. The van der Waals surface area contributed by atoms with Crippen LogP contribution in [0.15, 0.2) is 30.6 Å². The summed E-state index contributed by atoms with van der Waals surface area (Å²) in [5, 5.41) is 4.99. The van der Waals surface area contributed by atoms with Crippen molar-refractivity contribution >= 4 is 22.6 Å². The van der Waals surface area contributed by atoms with Crippen LogP contribution in [0.1, 0.15) is 26.8 Å². The molecule has 0 amide bonds. The van der Waals surface area contributed by atoms with Crippen LogP contribution in [0.2, 0.25) is 5.02 Å². The van der Waals surface area contributed by atoms with Crippen molar-refractivity contribution < 1.29 is 4.74 Å². The third-order valence-corrected chi connectivity index (χ3v) is 3.61. The number of rotatable bonds is 4. The first-order chi connectivity index (χ1) is 10.6. The van der Waals surface area contributed by atoms with Crippen molar-refractivity contribution in [3.8, 4) is 17.1 Å². The molecule has 0 N–H and O–H groups in total. The normalized spacial score (nSPS) is 11.3. The van der Waals surface area contributed by atoms with Gasteiger partial charge >= 0.3 is 0 Å². The molecular formula is C16H17ClN4O. The van der Waals surface area contributed by atoms with Crippen LogP contribution in [0, 0.1) is 0 Å². The van der Waals surface area contributed by atoms with E-state index in [2.05, 4.69) is 28.9 Å². The summed E-state index contributed by atoms with van der Waals surface area (Å²) in [6, 6.07) is 5.84. The summed E-state index contributed by atoms with van der Waals surface area (Å²) in [4.78, 5) is 8.93. The molecular weight excluding hydrogens is 300 g/mol. The highest BCUT2D eigenvalue weighted by Gasteiger charge is 2.15. The van der Waals surface area contributed by atoms with Crippen LogP contribution in [-0.4, -0.2) is 26.4 Å². The lowest BCUT2D eigenvalue weighted by Crippen LogP contribution is -2.03. The fourth-order valence-electron chi connectivity index (χ4n) is 2.38. The summed E-state index contributed by atoms with van der Waals surface area (Å²) in [5.74, 6) is 0.559. The molecule has 5 nitrogen and oxygen atoms in total. The van der Waals surface area contributed by atoms with Gasteiger partial charge in [0.05, 0.1) is 29.1 Å². The van der Waals surface area contributed by atoms with E-state index in [0.717, 1.165) is 22.3 Å². The molecule has 22 heavy (non-hydrogen) atoms. The lowest BCUT2D eigenvalue weighted by molar-refractivity contribution is 0.328. The number of pyridine rings is 2. The Morgan fingerprint density at radius 1 is 1.36 bits per heavy atom. The van der Waals surface area contributed by atoms with E-state index in [1.807, 2.05) is 29.8 Å². The van der Waals surface area contributed by atoms with E-state index < -0.39 is 0 Å². The van der Waals surface area contributed by atoms with Crippen molar-refractivity contribution in [3.05, 3.63) is 35.6 Å². The Morgan fingerprint density at radius 3 is 2.91 bits per heavy atom. The average molecular weight is 317 g/mol. The topological polar surface area (TPSA) is 52.8 Å². The molecule has 0 radical (unpaired) electrons. The summed E-state index contributed by atoms with van der Waals surface area (Å²) >= 11 is 6.47. The zero-order valence-electron chi connectivity index (χ0n) is 12.7. The second-order valence-corrected chi connectivity index (χ2v) is 5.60. The van der Waals surface area contributed by atoms with E-state index in [0.29, 0.717) is 17.5 Å². The number of halogens is 1. The van der Waals surface area contributed by atoms with Gasteiger partial charge in [0.25, 0.3) is 0 Å². The maximum Gasteiger partial charge on any atom is 0.222 e. The van der Waals surface area contributed by atoms with E-state index in [1.54, 1.807) is 12.4 Å². The zero-order chi connectivity index (χ0) is 15.7. The Balaban J connectivity index is 2.18. The molecule has 3 aromatic rings. The molecule has 0 aliphatic carbocycles. The van der Waals surface area contributed by atoms with E-state index >= 15 is 0 Å². The first-order valence-corrected chi connectivity index (χ1v) is 7.61. The van der Waals surface area contributed by atoms with E-state index in [9.17, 15) is 0 Å². The van der Waals surface area contributed by atoms with Crippen molar-refractivity contribution in [2.24, 2.45) is 0 Å². The van der Waals surface area contributed by atoms with Crippen molar-refractivity contribution in [2.75, 3.05) is 6.61 Å². The van der Waals surface area contributed by atoms with Crippen molar-refractivity contribution in [3.63, 3.8) is 0 Å². The Kier molecular flexibility index (Phi) is 3.98. The van der Waals surface area contributed by atoms with Crippen LogP contribution < -0.4 is 4.74 Å². The van der Waals surface area contributed by atoms with Gasteiger partial charge in [0.1, 0.15) is 11.0 Å². The first kappa shape index (κ1) is 14.8. The maximum atomic E-state index is 6.47. The highest BCUT2D eigenvalue weighted by Crippen LogP contribution is 2.32. The van der Waals surface area contributed by atoms with Gasteiger partial charge in [-0.15, -0.1) is 0 Å². The molecule has 0 saturated carbocycles. The van der Waals surface area contributed by atoms with Crippen LogP contribution in [-0.2, 0) is 0 Å². The molecule has 3 heterocycles. The molecule has 0 aliphatic heterocycles. The summed E-state index contributed by atoms with van der Waals surface area (Å²) in [6.07, 6.45) is 3.44. The molecule has 0 aromatic carbocycles. The number of ether oxygens (including phenoxy) is 1. The molecule has 6 heteroatoms. The smallest absolute Gasteiger partial charge is 0.222 e. The Bertz CT molecular complexity index is 813. The molecule has 0 bridgehead atoms. The van der Waals surface area contributed by atoms with Gasteiger partial charge in [-0.05, 0) is 39.0 Å².